The number of halogens is 1. The molecule has 1 aromatic carbocycles. The standard InChI is InChI=1S/C14H16ClN3O/c15-12-1-3-13(4-2-12)17-14(19)10-18-7-5-11(9-16)6-8-18/h1-4,11H,5-8,10H2,(H,17,19). The Hall–Kier alpha value is -1.57. The third-order valence-corrected chi connectivity index (χ3v) is 3.52. The maximum absolute atomic E-state index is 11.9. The molecule has 0 spiro atoms. The quantitative estimate of drug-likeness (QED) is 0.924. The second-order valence-corrected chi connectivity index (χ2v) is 5.17. The molecule has 5 heteroatoms. The molecule has 1 N–H and O–H groups in total. The number of piperidine rings is 1. The van der Waals surface area contributed by atoms with E-state index in [2.05, 4.69) is 16.3 Å². The van der Waals surface area contributed by atoms with Crippen molar-refractivity contribution in [2.75, 3.05) is 25.0 Å². The van der Waals surface area contributed by atoms with Crippen LogP contribution in [0.15, 0.2) is 24.3 Å². The molecule has 1 aliphatic rings. The third-order valence-electron chi connectivity index (χ3n) is 3.27. The van der Waals surface area contributed by atoms with Crippen LogP contribution in [0.1, 0.15) is 12.8 Å². The fourth-order valence-corrected chi connectivity index (χ4v) is 2.28. The minimum atomic E-state index is -0.0299. The van der Waals surface area contributed by atoms with Crippen molar-refractivity contribution in [3.8, 4) is 6.07 Å². The van der Waals surface area contributed by atoms with Gasteiger partial charge < -0.3 is 5.32 Å². The molecule has 19 heavy (non-hydrogen) atoms. The summed E-state index contributed by atoms with van der Waals surface area (Å²) in [4.78, 5) is 13.9. The van der Waals surface area contributed by atoms with Crippen molar-refractivity contribution in [1.29, 1.82) is 5.26 Å². The smallest absolute Gasteiger partial charge is 0.238 e. The highest BCUT2D eigenvalue weighted by atomic mass is 35.5. The number of hydrogen-bond acceptors (Lipinski definition) is 3. The molecule has 0 aliphatic carbocycles. The van der Waals surface area contributed by atoms with Crippen molar-refractivity contribution in [2.24, 2.45) is 5.92 Å². The van der Waals surface area contributed by atoms with Crippen LogP contribution in [0.4, 0.5) is 5.69 Å². The van der Waals surface area contributed by atoms with Crippen molar-refractivity contribution >= 4 is 23.2 Å². The van der Waals surface area contributed by atoms with E-state index >= 15 is 0 Å². The normalized spacial score (nSPS) is 16.8. The van der Waals surface area contributed by atoms with Crippen LogP contribution >= 0.6 is 11.6 Å². The van der Waals surface area contributed by atoms with Gasteiger partial charge in [-0.2, -0.15) is 5.26 Å². The molecule has 0 bridgehead atoms. The molecule has 1 amide bonds. The molecule has 0 aromatic heterocycles. The Balaban J connectivity index is 1.79. The van der Waals surface area contributed by atoms with Gasteiger partial charge in [-0.1, -0.05) is 11.6 Å². The molecule has 1 heterocycles. The summed E-state index contributed by atoms with van der Waals surface area (Å²) in [6, 6.07) is 9.33. The Morgan fingerprint density at radius 3 is 2.58 bits per heavy atom. The van der Waals surface area contributed by atoms with E-state index in [9.17, 15) is 4.79 Å². The molecule has 1 saturated heterocycles. The second-order valence-electron chi connectivity index (χ2n) is 4.73. The Morgan fingerprint density at radius 2 is 2.00 bits per heavy atom. The zero-order chi connectivity index (χ0) is 13.7. The van der Waals surface area contributed by atoms with Gasteiger partial charge in [0, 0.05) is 16.6 Å². The van der Waals surface area contributed by atoms with Gasteiger partial charge in [0.15, 0.2) is 0 Å². The number of anilines is 1. The number of nitriles is 1. The molecule has 0 unspecified atom stereocenters. The number of carbonyl (C=O) groups excluding carboxylic acids is 1. The molecule has 4 nitrogen and oxygen atoms in total. The maximum atomic E-state index is 11.9. The topological polar surface area (TPSA) is 56.1 Å². The molecule has 0 saturated carbocycles. The number of nitrogens with zero attached hydrogens (tertiary/aromatic N) is 2. The highest BCUT2D eigenvalue weighted by molar-refractivity contribution is 6.30. The molecule has 1 fully saturated rings. The van der Waals surface area contributed by atoms with Crippen molar-refractivity contribution in [1.82, 2.24) is 4.90 Å². The van der Waals surface area contributed by atoms with Crippen LogP contribution in [0.25, 0.3) is 0 Å². The summed E-state index contributed by atoms with van der Waals surface area (Å²) in [5, 5.41) is 12.3. The third kappa shape index (κ3) is 4.23. The second kappa shape index (κ2) is 6.55. The van der Waals surface area contributed by atoms with E-state index in [0.717, 1.165) is 31.6 Å². The molecular formula is C14H16ClN3O. The largest absolute Gasteiger partial charge is 0.325 e. The van der Waals surface area contributed by atoms with E-state index in [0.29, 0.717) is 11.6 Å². The average molecular weight is 278 g/mol. The minimum absolute atomic E-state index is 0.0299. The molecule has 0 radical (unpaired) electrons. The van der Waals surface area contributed by atoms with Gasteiger partial charge in [-0.15, -0.1) is 0 Å². The van der Waals surface area contributed by atoms with E-state index in [1.54, 1.807) is 24.3 Å². The number of amides is 1. The monoisotopic (exact) mass is 277 g/mol. The number of likely N-dealkylation sites (tertiary alicyclic amines) is 1. The predicted octanol–water partition coefficient (Wildman–Crippen LogP) is 2.51. The fourth-order valence-electron chi connectivity index (χ4n) is 2.16. The van der Waals surface area contributed by atoms with E-state index in [1.165, 1.54) is 0 Å². The zero-order valence-corrected chi connectivity index (χ0v) is 11.4. The summed E-state index contributed by atoms with van der Waals surface area (Å²) in [6.07, 6.45) is 1.70. The lowest BCUT2D eigenvalue weighted by Crippen LogP contribution is -2.39. The van der Waals surface area contributed by atoms with Gasteiger partial charge >= 0.3 is 0 Å². The van der Waals surface area contributed by atoms with Crippen LogP contribution in [0.5, 0.6) is 0 Å². The molecule has 0 atom stereocenters. The van der Waals surface area contributed by atoms with Crippen LogP contribution in [0, 0.1) is 17.2 Å². The van der Waals surface area contributed by atoms with Crippen molar-refractivity contribution in [2.45, 2.75) is 12.8 Å². The summed E-state index contributed by atoms with van der Waals surface area (Å²) in [7, 11) is 0. The van der Waals surface area contributed by atoms with Crippen LogP contribution in [-0.2, 0) is 4.79 Å². The first-order valence-corrected chi connectivity index (χ1v) is 6.72. The van der Waals surface area contributed by atoms with E-state index in [4.69, 9.17) is 16.9 Å². The SMILES string of the molecule is N#CC1CCN(CC(=O)Nc2ccc(Cl)cc2)CC1. The zero-order valence-electron chi connectivity index (χ0n) is 10.6. The minimum Gasteiger partial charge on any atom is -0.325 e. The lowest BCUT2D eigenvalue weighted by Gasteiger charge is -2.28. The predicted molar refractivity (Wildman–Crippen MR) is 74.9 cm³/mol. The van der Waals surface area contributed by atoms with Crippen molar-refractivity contribution < 1.29 is 4.79 Å². The highest BCUT2D eigenvalue weighted by Crippen LogP contribution is 2.16. The molecule has 100 valence electrons. The van der Waals surface area contributed by atoms with Crippen LogP contribution in [-0.4, -0.2) is 30.4 Å². The molecule has 1 aliphatic heterocycles. The average Bonchev–Trinajstić information content (AvgIpc) is 2.42. The summed E-state index contributed by atoms with van der Waals surface area (Å²) in [6.45, 7) is 2.00. The van der Waals surface area contributed by atoms with Gasteiger partial charge in [0.2, 0.25) is 5.91 Å². The maximum Gasteiger partial charge on any atom is 0.238 e. The van der Waals surface area contributed by atoms with Crippen LogP contribution in [0.2, 0.25) is 5.02 Å². The van der Waals surface area contributed by atoms with Gasteiger partial charge in [0.1, 0.15) is 0 Å². The summed E-state index contributed by atoms with van der Waals surface area (Å²) >= 11 is 5.78. The lowest BCUT2D eigenvalue weighted by atomic mass is 9.99. The first-order valence-electron chi connectivity index (χ1n) is 6.35. The lowest BCUT2D eigenvalue weighted by molar-refractivity contribution is -0.117. The Labute approximate surface area is 118 Å². The van der Waals surface area contributed by atoms with Gasteiger partial charge in [-0.05, 0) is 50.2 Å². The summed E-state index contributed by atoms with van der Waals surface area (Å²) in [5.74, 6) is 0.119. The van der Waals surface area contributed by atoms with Crippen molar-refractivity contribution in [3.05, 3.63) is 29.3 Å². The van der Waals surface area contributed by atoms with Gasteiger partial charge in [-0.3, -0.25) is 9.69 Å². The highest BCUT2D eigenvalue weighted by Gasteiger charge is 2.20. The number of nitrogens with one attached hydrogen (secondary N) is 1. The van der Waals surface area contributed by atoms with Gasteiger partial charge in [0.05, 0.1) is 12.6 Å². The number of benzene rings is 1. The van der Waals surface area contributed by atoms with Crippen LogP contribution in [0.3, 0.4) is 0 Å². The van der Waals surface area contributed by atoms with Gasteiger partial charge in [-0.25, -0.2) is 0 Å². The Morgan fingerprint density at radius 1 is 1.37 bits per heavy atom. The Kier molecular flexibility index (Phi) is 4.78. The number of hydrogen-bond donors (Lipinski definition) is 1. The van der Waals surface area contributed by atoms with E-state index in [-0.39, 0.29) is 11.8 Å². The number of carbonyl (C=O) groups is 1. The van der Waals surface area contributed by atoms with E-state index in [1.807, 2.05) is 0 Å². The van der Waals surface area contributed by atoms with E-state index < -0.39 is 0 Å². The van der Waals surface area contributed by atoms with Crippen molar-refractivity contribution in [3.63, 3.8) is 0 Å². The fraction of sp³-hybridized carbons (Fsp3) is 0.429. The van der Waals surface area contributed by atoms with Gasteiger partial charge in [0.25, 0.3) is 0 Å². The number of rotatable bonds is 3. The molecular weight excluding hydrogens is 262 g/mol. The summed E-state index contributed by atoms with van der Waals surface area (Å²) < 4.78 is 0. The molecule has 2 rings (SSSR count). The molecule has 1 aromatic rings. The first-order chi connectivity index (χ1) is 9.17. The first kappa shape index (κ1) is 13.9. The Bertz CT molecular complexity index is 472. The van der Waals surface area contributed by atoms with Crippen LogP contribution < -0.4 is 5.32 Å². The summed E-state index contributed by atoms with van der Waals surface area (Å²) in [5.41, 5.74) is 0.751.